The SMILES string of the molecule is CCOC(=O)c1ccc(Nc2cc(NCCCc3ccccc3)ncn2)cc1. The third-order valence-electron chi connectivity index (χ3n) is 4.13. The Kier molecular flexibility index (Phi) is 6.95. The van der Waals surface area contributed by atoms with Crippen LogP contribution in [-0.2, 0) is 11.2 Å². The summed E-state index contributed by atoms with van der Waals surface area (Å²) in [6.07, 6.45) is 3.57. The molecule has 0 saturated carbocycles. The van der Waals surface area contributed by atoms with E-state index in [0.717, 1.165) is 30.9 Å². The molecule has 6 nitrogen and oxygen atoms in total. The largest absolute Gasteiger partial charge is 0.462 e. The molecule has 0 aliphatic carbocycles. The Morgan fingerprint density at radius 3 is 2.50 bits per heavy atom. The highest BCUT2D eigenvalue weighted by molar-refractivity contribution is 5.89. The number of rotatable bonds is 9. The first-order valence-corrected chi connectivity index (χ1v) is 9.38. The van der Waals surface area contributed by atoms with E-state index in [1.807, 2.05) is 24.3 Å². The number of hydrogen-bond acceptors (Lipinski definition) is 6. The molecule has 0 spiro atoms. The topological polar surface area (TPSA) is 76.1 Å². The van der Waals surface area contributed by atoms with Gasteiger partial charge in [-0.2, -0.15) is 0 Å². The second-order valence-electron chi connectivity index (χ2n) is 6.23. The van der Waals surface area contributed by atoms with E-state index in [4.69, 9.17) is 4.74 Å². The number of hydrogen-bond donors (Lipinski definition) is 2. The number of aromatic nitrogens is 2. The molecular formula is C22H24N4O2. The van der Waals surface area contributed by atoms with Gasteiger partial charge < -0.3 is 15.4 Å². The van der Waals surface area contributed by atoms with E-state index in [0.29, 0.717) is 18.0 Å². The standard InChI is InChI=1S/C22H24N4O2/c1-2-28-22(27)18-10-12-19(13-11-18)26-21-15-20(24-16-25-21)23-14-6-9-17-7-4-3-5-8-17/h3-5,7-8,10-13,15-16H,2,6,9,14H2,1H3,(H2,23,24,25,26). The van der Waals surface area contributed by atoms with Crippen molar-refractivity contribution in [2.45, 2.75) is 19.8 Å². The lowest BCUT2D eigenvalue weighted by Gasteiger charge is -2.09. The normalized spacial score (nSPS) is 10.3. The molecule has 0 aliphatic heterocycles. The first kappa shape index (κ1) is 19.4. The van der Waals surface area contributed by atoms with Gasteiger partial charge in [-0.25, -0.2) is 14.8 Å². The smallest absolute Gasteiger partial charge is 0.338 e. The molecule has 28 heavy (non-hydrogen) atoms. The zero-order valence-corrected chi connectivity index (χ0v) is 15.9. The van der Waals surface area contributed by atoms with Crippen molar-refractivity contribution in [3.63, 3.8) is 0 Å². The van der Waals surface area contributed by atoms with E-state index in [-0.39, 0.29) is 5.97 Å². The predicted octanol–water partition coefficient (Wildman–Crippen LogP) is 4.44. The van der Waals surface area contributed by atoms with Gasteiger partial charge >= 0.3 is 5.97 Å². The summed E-state index contributed by atoms with van der Waals surface area (Å²) in [6, 6.07) is 19.4. The quantitative estimate of drug-likeness (QED) is 0.425. The number of carbonyl (C=O) groups is 1. The van der Waals surface area contributed by atoms with Crippen LogP contribution in [0.15, 0.2) is 67.0 Å². The molecule has 2 N–H and O–H groups in total. The molecule has 0 saturated heterocycles. The van der Waals surface area contributed by atoms with Gasteiger partial charge in [0.1, 0.15) is 18.0 Å². The van der Waals surface area contributed by atoms with Crippen molar-refractivity contribution in [3.8, 4) is 0 Å². The van der Waals surface area contributed by atoms with E-state index < -0.39 is 0 Å². The van der Waals surface area contributed by atoms with Crippen LogP contribution in [0.25, 0.3) is 0 Å². The Labute approximate surface area is 165 Å². The van der Waals surface area contributed by atoms with E-state index >= 15 is 0 Å². The maximum absolute atomic E-state index is 11.7. The van der Waals surface area contributed by atoms with Crippen LogP contribution in [0.3, 0.4) is 0 Å². The van der Waals surface area contributed by atoms with E-state index in [9.17, 15) is 4.79 Å². The van der Waals surface area contributed by atoms with Gasteiger partial charge in [0.15, 0.2) is 0 Å². The minimum atomic E-state index is -0.321. The highest BCUT2D eigenvalue weighted by Gasteiger charge is 2.06. The molecule has 2 aromatic carbocycles. The van der Waals surface area contributed by atoms with Crippen LogP contribution in [0.1, 0.15) is 29.3 Å². The number of nitrogens with zero attached hydrogens (tertiary/aromatic N) is 2. The Morgan fingerprint density at radius 1 is 1.00 bits per heavy atom. The minimum Gasteiger partial charge on any atom is -0.462 e. The van der Waals surface area contributed by atoms with Gasteiger partial charge in [0, 0.05) is 18.3 Å². The molecular weight excluding hydrogens is 352 g/mol. The van der Waals surface area contributed by atoms with Gasteiger partial charge in [-0.05, 0) is 49.6 Å². The van der Waals surface area contributed by atoms with Gasteiger partial charge in [-0.3, -0.25) is 0 Å². The number of carbonyl (C=O) groups excluding carboxylic acids is 1. The first-order valence-electron chi connectivity index (χ1n) is 9.38. The Balaban J connectivity index is 1.51. The molecule has 0 bridgehead atoms. The van der Waals surface area contributed by atoms with Gasteiger partial charge in [-0.1, -0.05) is 30.3 Å². The number of anilines is 3. The van der Waals surface area contributed by atoms with Gasteiger partial charge in [0.05, 0.1) is 12.2 Å². The number of esters is 1. The number of aryl methyl sites for hydroxylation is 1. The Bertz CT molecular complexity index is 883. The summed E-state index contributed by atoms with van der Waals surface area (Å²) in [7, 11) is 0. The molecule has 3 aromatic rings. The molecule has 0 fully saturated rings. The summed E-state index contributed by atoms with van der Waals surface area (Å²) >= 11 is 0. The maximum Gasteiger partial charge on any atom is 0.338 e. The molecule has 3 rings (SSSR count). The second kappa shape index (κ2) is 10.1. The Hall–Kier alpha value is -3.41. The summed E-state index contributed by atoms with van der Waals surface area (Å²) in [6.45, 7) is 2.98. The lowest BCUT2D eigenvalue weighted by molar-refractivity contribution is 0.0526. The van der Waals surface area contributed by atoms with Crippen molar-refractivity contribution >= 4 is 23.3 Å². The highest BCUT2D eigenvalue weighted by atomic mass is 16.5. The van der Waals surface area contributed by atoms with Gasteiger partial charge in [-0.15, -0.1) is 0 Å². The molecule has 0 amide bonds. The van der Waals surface area contributed by atoms with Crippen molar-refractivity contribution in [2.75, 3.05) is 23.8 Å². The Morgan fingerprint density at radius 2 is 1.75 bits per heavy atom. The number of benzene rings is 2. The van der Waals surface area contributed by atoms with Crippen LogP contribution in [0.5, 0.6) is 0 Å². The van der Waals surface area contributed by atoms with Crippen LogP contribution in [0, 0.1) is 0 Å². The molecule has 6 heteroatoms. The fourth-order valence-corrected chi connectivity index (χ4v) is 2.73. The van der Waals surface area contributed by atoms with Gasteiger partial charge in [0.25, 0.3) is 0 Å². The summed E-state index contributed by atoms with van der Waals surface area (Å²) in [5.74, 6) is 1.14. The van der Waals surface area contributed by atoms with E-state index in [1.54, 1.807) is 19.1 Å². The average molecular weight is 376 g/mol. The summed E-state index contributed by atoms with van der Waals surface area (Å²) in [4.78, 5) is 20.2. The fraction of sp³-hybridized carbons (Fsp3) is 0.227. The van der Waals surface area contributed by atoms with Crippen molar-refractivity contribution in [3.05, 3.63) is 78.1 Å². The molecule has 144 valence electrons. The van der Waals surface area contributed by atoms with E-state index in [2.05, 4.69) is 44.9 Å². The zero-order valence-electron chi connectivity index (χ0n) is 15.9. The highest BCUT2D eigenvalue weighted by Crippen LogP contribution is 2.17. The molecule has 1 heterocycles. The van der Waals surface area contributed by atoms with Crippen LogP contribution >= 0.6 is 0 Å². The van der Waals surface area contributed by atoms with Crippen LogP contribution in [0.2, 0.25) is 0 Å². The molecule has 1 aromatic heterocycles. The molecule has 0 radical (unpaired) electrons. The third-order valence-corrected chi connectivity index (χ3v) is 4.13. The van der Waals surface area contributed by atoms with Crippen molar-refractivity contribution in [1.82, 2.24) is 9.97 Å². The predicted molar refractivity (Wildman–Crippen MR) is 111 cm³/mol. The van der Waals surface area contributed by atoms with Crippen LogP contribution in [-0.4, -0.2) is 29.1 Å². The monoisotopic (exact) mass is 376 g/mol. The van der Waals surface area contributed by atoms with Crippen LogP contribution in [0.4, 0.5) is 17.3 Å². The summed E-state index contributed by atoms with van der Waals surface area (Å²) in [5, 5.41) is 6.54. The minimum absolute atomic E-state index is 0.321. The van der Waals surface area contributed by atoms with E-state index in [1.165, 1.54) is 11.9 Å². The summed E-state index contributed by atoms with van der Waals surface area (Å²) in [5.41, 5.74) is 2.69. The lowest BCUT2D eigenvalue weighted by atomic mass is 10.1. The lowest BCUT2D eigenvalue weighted by Crippen LogP contribution is -2.06. The first-order chi connectivity index (χ1) is 13.7. The van der Waals surface area contributed by atoms with Crippen LogP contribution < -0.4 is 10.6 Å². The van der Waals surface area contributed by atoms with Crippen molar-refractivity contribution in [2.24, 2.45) is 0 Å². The second-order valence-corrected chi connectivity index (χ2v) is 6.23. The number of nitrogens with one attached hydrogen (secondary N) is 2. The maximum atomic E-state index is 11.7. The average Bonchev–Trinajstić information content (AvgIpc) is 2.73. The van der Waals surface area contributed by atoms with Crippen molar-refractivity contribution in [1.29, 1.82) is 0 Å². The third kappa shape index (κ3) is 5.81. The molecule has 0 aliphatic rings. The number of ether oxygens (including phenoxy) is 1. The van der Waals surface area contributed by atoms with Crippen molar-refractivity contribution < 1.29 is 9.53 Å². The fourth-order valence-electron chi connectivity index (χ4n) is 2.73. The van der Waals surface area contributed by atoms with Gasteiger partial charge in [0.2, 0.25) is 0 Å². The zero-order chi connectivity index (χ0) is 19.6. The molecule has 0 unspecified atom stereocenters. The molecule has 0 atom stereocenters. The summed E-state index contributed by atoms with van der Waals surface area (Å²) < 4.78 is 4.99.